The third-order valence-corrected chi connectivity index (χ3v) is 8.37. The van der Waals surface area contributed by atoms with E-state index in [1.807, 2.05) is 87.0 Å². The number of para-hydroxylation sites is 2. The molecule has 10 rings (SSSR count). The van der Waals surface area contributed by atoms with Crippen LogP contribution in [0.3, 0.4) is 0 Å². The van der Waals surface area contributed by atoms with Gasteiger partial charge in [0, 0.05) is 24.8 Å². The van der Waals surface area contributed by atoms with Crippen molar-refractivity contribution in [1.29, 1.82) is 0 Å². The molecule has 0 aliphatic carbocycles. The maximum atomic E-state index is 4.99. The fourth-order valence-electron chi connectivity index (χ4n) is 6.20. The third kappa shape index (κ3) is 3.91. The van der Waals surface area contributed by atoms with Crippen LogP contribution in [0.4, 0.5) is 0 Å². The second-order valence-electron chi connectivity index (χ2n) is 11.1. The summed E-state index contributed by atoms with van der Waals surface area (Å²) in [5.74, 6) is 2.68. The van der Waals surface area contributed by atoms with Crippen molar-refractivity contribution in [1.82, 2.24) is 57.7 Å². The van der Waals surface area contributed by atoms with Crippen molar-refractivity contribution in [2.75, 3.05) is 0 Å². The smallest absolute Gasteiger partial charge is 0.241 e. The van der Waals surface area contributed by atoms with E-state index in [4.69, 9.17) is 24.9 Å². The summed E-state index contributed by atoms with van der Waals surface area (Å²) in [6.07, 6.45) is 14.8. The van der Waals surface area contributed by atoms with Crippen LogP contribution < -0.4 is 0 Å². The Balaban J connectivity index is 1.17. The highest BCUT2D eigenvalue weighted by molar-refractivity contribution is 6.04. The van der Waals surface area contributed by atoms with Crippen LogP contribution in [0.1, 0.15) is 0 Å². The van der Waals surface area contributed by atoms with Crippen LogP contribution in [0.15, 0.2) is 135 Å². The molecule has 12 heteroatoms. The Bertz CT molecular complexity index is 2590. The monoisotopic (exact) mass is 610 g/mol. The SMILES string of the molecule is c1ccc2c(c1)ccn2-c1cn(-c2nc(-n3cnc(-n4ccc5ccccc54)c3)nc(-n3c4cccnc4c4ncccc43)n2)cn1. The van der Waals surface area contributed by atoms with Gasteiger partial charge in [-0.3, -0.25) is 32.8 Å². The van der Waals surface area contributed by atoms with Gasteiger partial charge in [-0.05, 0) is 59.3 Å². The van der Waals surface area contributed by atoms with E-state index in [9.17, 15) is 0 Å². The number of aromatic nitrogens is 12. The van der Waals surface area contributed by atoms with Crippen LogP contribution in [0, 0.1) is 0 Å². The summed E-state index contributed by atoms with van der Waals surface area (Å²) in [6, 6.07) is 28.3. The molecule has 0 aliphatic rings. The Kier molecular flexibility index (Phi) is 5.28. The van der Waals surface area contributed by atoms with Gasteiger partial charge in [-0.2, -0.15) is 15.0 Å². The molecule has 8 aromatic heterocycles. The van der Waals surface area contributed by atoms with E-state index in [1.165, 1.54) is 0 Å². The van der Waals surface area contributed by atoms with Gasteiger partial charge in [-0.1, -0.05) is 36.4 Å². The standard InChI is InChI=1S/C35H22N12/c1-3-9-25-23(7-1)13-17-45(25)29-19-43(21-38-29)33-40-34(44-20-30(39-22-44)46-18-14-24-8-2-4-10-26(24)46)42-35(41-33)47-27-11-5-15-36-31(27)32-28(47)12-6-16-37-32/h1-22H. The van der Waals surface area contributed by atoms with Crippen LogP contribution in [-0.4, -0.2) is 57.7 Å². The highest BCUT2D eigenvalue weighted by Gasteiger charge is 2.20. The number of nitrogens with zero attached hydrogens (tertiary/aromatic N) is 12. The second-order valence-corrected chi connectivity index (χ2v) is 11.1. The first kappa shape index (κ1) is 25.4. The van der Waals surface area contributed by atoms with E-state index >= 15 is 0 Å². The molecule has 2 aromatic carbocycles. The minimum Gasteiger partial charge on any atom is -0.300 e. The molecule has 0 spiro atoms. The van der Waals surface area contributed by atoms with Crippen molar-refractivity contribution < 1.29 is 0 Å². The average Bonchev–Trinajstić information content (AvgIpc) is 3.96. The van der Waals surface area contributed by atoms with Crippen molar-refractivity contribution in [3.8, 4) is 29.5 Å². The maximum absolute atomic E-state index is 4.99. The predicted molar refractivity (Wildman–Crippen MR) is 178 cm³/mol. The van der Waals surface area contributed by atoms with Crippen molar-refractivity contribution in [2.45, 2.75) is 0 Å². The molecule has 0 amide bonds. The zero-order chi connectivity index (χ0) is 30.9. The molecule has 0 radical (unpaired) electrons. The van der Waals surface area contributed by atoms with Crippen molar-refractivity contribution >= 4 is 43.9 Å². The Labute approximate surface area is 265 Å². The van der Waals surface area contributed by atoms with E-state index < -0.39 is 0 Å². The van der Waals surface area contributed by atoms with Gasteiger partial charge in [0.15, 0.2) is 11.6 Å². The first-order valence-corrected chi connectivity index (χ1v) is 15.0. The number of imidazole rings is 2. The summed E-state index contributed by atoms with van der Waals surface area (Å²) in [4.78, 5) is 33.6. The molecule has 0 aliphatic heterocycles. The summed E-state index contributed by atoms with van der Waals surface area (Å²) >= 11 is 0. The van der Waals surface area contributed by atoms with Gasteiger partial charge in [0.1, 0.15) is 23.7 Å². The number of benzene rings is 2. The lowest BCUT2D eigenvalue weighted by Crippen LogP contribution is -2.12. The lowest BCUT2D eigenvalue weighted by atomic mass is 10.2. The Morgan fingerprint density at radius 2 is 0.894 bits per heavy atom. The Hall–Kier alpha value is -6.95. The molecule has 0 saturated carbocycles. The average molecular weight is 611 g/mol. The van der Waals surface area contributed by atoms with Crippen LogP contribution in [-0.2, 0) is 0 Å². The molecule has 0 bridgehead atoms. The zero-order valence-electron chi connectivity index (χ0n) is 24.6. The van der Waals surface area contributed by atoms with Crippen LogP contribution in [0.2, 0.25) is 0 Å². The molecule has 222 valence electrons. The van der Waals surface area contributed by atoms with Crippen molar-refractivity contribution in [3.05, 3.63) is 135 Å². The fourth-order valence-corrected chi connectivity index (χ4v) is 6.20. The van der Waals surface area contributed by atoms with Crippen LogP contribution in [0.5, 0.6) is 0 Å². The number of hydrogen-bond acceptors (Lipinski definition) is 7. The first-order valence-electron chi connectivity index (χ1n) is 15.0. The molecule has 0 unspecified atom stereocenters. The maximum Gasteiger partial charge on any atom is 0.241 e. The van der Waals surface area contributed by atoms with E-state index in [1.54, 1.807) is 34.2 Å². The van der Waals surface area contributed by atoms with Gasteiger partial charge in [-0.25, -0.2) is 9.97 Å². The van der Waals surface area contributed by atoms with Gasteiger partial charge in [0.05, 0.1) is 34.5 Å². The lowest BCUT2D eigenvalue weighted by Gasteiger charge is -2.10. The molecule has 8 heterocycles. The van der Waals surface area contributed by atoms with E-state index in [2.05, 4.69) is 46.4 Å². The Morgan fingerprint density at radius 1 is 0.426 bits per heavy atom. The van der Waals surface area contributed by atoms with Crippen LogP contribution in [0.25, 0.3) is 73.4 Å². The first-order chi connectivity index (χ1) is 23.3. The summed E-state index contributed by atoms with van der Waals surface area (Å²) in [7, 11) is 0. The van der Waals surface area contributed by atoms with Gasteiger partial charge in [0.2, 0.25) is 17.8 Å². The summed E-state index contributed by atoms with van der Waals surface area (Å²) in [5.41, 5.74) is 5.31. The molecule has 12 nitrogen and oxygen atoms in total. The summed E-state index contributed by atoms with van der Waals surface area (Å²) in [5, 5.41) is 2.26. The summed E-state index contributed by atoms with van der Waals surface area (Å²) < 4.78 is 9.67. The number of pyridine rings is 2. The normalized spacial score (nSPS) is 11.8. The fraction of sp³-hybridized carbons (Fsp3) is 0. The van der Waals surface area contributed by atoms with Crippen molar-refractivity contribution in [2.24, 2.45) is 0 Å². The zero-order valence-corrected chi connectivity index (χ0v) is 24.6. The quantitative estimate of drug-likeness (QED) is 0.234. The molecule has 0 N–H and O–H groups in total. The number of rotatable bonds is 5. The van der Waals surface area contributed by atoms with E-state index in [-0.39, 0.29) is 0 Å². The van der Waals surface area contributed by atoms with E-state index in [0.29, 0.717) is 17.8 Å². The molecule has 0 fully saturated rings. The Morgan fingerprint density at radius 3 is 1.43 bits per heavy atom. The highest BCUT2D eigenvalue weighted by atomic mass is 15.3. The number of hydrogen-bond donors (Lipinski definition) is 0. The topological polar surface area (TPSA) is 115 Å². The predicted octanol–water partition coefficient (Wildman–Crippen LogP) is 6.02. The largest absolute Gasteiger partial charge is 0.300 e. The summed E-state index contributed by atoms with van der Waals surface area (Å²) in [6.45, 7) is 0. The second kappa shape index (κ2) is 9.78. The molecule has 47 heavy (non-hydrogen) atoms. The third-order valence-electron chi connectivity index (χ3n) is 8.37. The molecule has 0 saturated heterocycles. The molecule has 10 aromatic rings. The van der Waals surface area contributed by atoms with Gasteiger partial charge in [-0.15, -0.1) is 0 Å². The van der Waals surface area contributed by atoms with Gasteiger partial charge in [0.25, 0.3) is 0 Å². The van der Waals surface area contributed by atoms with Gasteiger partial charge < -0.3 is 0 Å². The molecular formula is C35H22N12. The molecular weight excluding hydrogens is 588 g/mol. The molecule has 0 atom stereocenters. The number of fused-ring (bicyclic) bond motifs is 5. The highest BCUT2D eigenvalue weighted by Crippen LogP contribution is 2.29. The minimum absolute atomic E-state index is 0.393. The van der Waals surface area contributed by atoms with Gasteiger partial charge >= 0.3 is 0 Å². The van der Waals surface area contributed by atoms with Crippen LogP contribution >= 0.6 is 0 Å². The van der Waals surface area contributed by atoms with E-state index in [0.717, 1.165) is 55.5 Å². The lowest BCUT2D eigenvalue weighted by molar-refractivity contribution is 0.810. The minimum atomic E-state index is 0.393. The van der Waals surface area contributed by atoms with Crippen molar-refractivity contribution in [3.63, 3.8) is 0 Å².